The van der Waals surface area contributed by atoms with E-state index in [-0.39, 0.29) is 22.3 Å². The van der Waals surface area contributed by atoms with E-state index in [1.54, 1.807) is 28.7 Å². The summed E-state index contributed by atoms with van der Waals surface area (Å²) in [4.78, 5) is 35.0. The van der Waals surface area contributed by atoms with Gasteiger partial charge < -0.3 is 9.88 Å². The first-order chi connectivity index (χ1) is 16.3. The second-order valence-corrected chi connectivity index (χ2v) is 11.2. The third-order valence-electron chi connectivity index (χ3n) is 7.96. The lowest BCUT2D eigenvalue weighted by Crippen LogP contribution is -2.47. The van der Waals surface area contributed by atoms with E-state index in [0.29, 0.717) is 24.0 Å². The fourth-order valence-corrected chi connectivity index (χ4v) is 7.22. The summed E-state index contributed by atoms with van der Waals surface area (Å²) in [6.07, 6.45) is 14.0. The summed E-state index contributed by atoms with van der Waals surface area (Å²) >= 11 is 0. The normalized spacial score (nSPS) is 27.1. The van der Waals surface area contributed by atoms with E-state index in [2.05, 4.69) is 28.3 Å². The van der Waals surface area contributed by atoms with Gasteiger partial charge in [0.1, 0.15) is 0 Å². The number of fused-ring (bicyclic) bond motifs is 1. The van der Waals surface area contributed by atoms with Gasteiger partial charge >= 0.3 is 0 Å². The number of hydrogen-bond donors (Lipinski definition) is 1. The highest BCUT2D eigenvalue weighted by molar-refractivity contribution is 6.02. The standard InChI is InChI=1S/C28H30N4O2/c1-18-14-30-21(15-29-18)16-32-7-6-22-23(26(32)34)4-3-5-24(22)31-25(33)13-28-11-19-8-20(12-28)10-27(2,9-19)17-28/h3-7,9,14-15,20H,8,10-13,16-17H2,1-2H3,(H,31,33). The van der Waals surface area contributed by atoms with Crippen molar-refractivity contribution < 1.29 is 4.79 Å². The number of nitrogens with one attached hydrogen (secondary N) is 1. The number of anilines is 1. The van der Waals surface area contributed by atoms with Crippen LogP contribution in [0.25, 0.3) is 10.8 Å². The van der Waals surface area contributed by atoms with Crippen LogP contribution in [0.15, 0.2) is 59.3 Å². The Morgan fingerprint density at radius 3 is 2.82 bits per heavy atom. The molecule has 3 unspecified atom stereocenters. The average Bonchev–Trinajstić information content (AvgIpc) is 2.75. The smallest absolute Gasteiger partial charge is 0.258 e. The predicted molar refractivity (Wildman–Crippen MR) is 133 cm³/mol. The van der Waals surface area contributed by atoms with Crippen LogP contribution in [0.3, 0.4) is 0 Å². The Bertz CT molecular complexity index is 1390. The molecule has 1 N–H and O–H groups in total. The summed E-state index contributed by atoms with van der Waals surface area (Å²) in [5, 5.41) is 4.51. The molecule has 2 aromatic heterocycles. The quantitative estimate of drug-likeness (QED) is 0.550. The summed E-state index contributed by atoms with van der Waals surface area (Å²) in [5.74, 6) is 0.785. The number of amides is 1. The molecule has 4 aliphatic carbocycles. The molecule has 4 bridgehead atoms. The summed E-state index contributed by atoms with van der Waals surface area (Å²) < 4.78 is 1.64. The second kappa shape index (κ2) is 7.62. The molecule has 4 aliphatic rings. The highest BCUT2D eigenvalue weighted by Crippen LogP contribution is 2.63. The van der Waals surface area contributed by atoms with Crippen molar-refractivity contribution in [3.8, 4) is 0 Å². The largest absolute Gasteiger partial charge is 0.325 e. The molecule has 6 nitrogen and oxygen atoms in total. The lowest BCUT2D eigenvalue weighted by molar-refractivity contribution is -0.121. The van der Waals surface area contributed by atoms with Gasteiger partial charge in [-0.15, -0.1) is 0 Å². The Balaban J connectivity index is 1.23. The van der Waals surface area contributed by atoms with Crippen LogP contribution in [0.5, 0.6) is 0 Å². The van der Waals surface area contributed by atoms with E-state index in [9.17, 15) is 9.59 Å². The number of nitrogens with zero attached hydrogens (tertiary/aromatic N) is 3. The van der Waals surface area contributed by atoms with Crippen LogP contribution in [0.1, 0.15) is 56.8 Å². The Kier molecular flexibility index (Phi) is 4.77. The van der Waals surface area contributed by atoms with E-state index in [1.807, 2.05) is 31.2 Å². The number of carbonyl (C=O) groups is 1. The highest BCUT2D eigenvalue weighted by atomic mass is 16.1. The van der Waals surface area contributed by atoms with Gasteiger partial charge in [0.15, 0.2) is 0 Å². The van der Waals surface area contributed by atoms with Crippen LogP contribution >= 0.6 is 0 Å². The molecule has 2 saturated carbocycles. The zero-order valence-electron chi connectivity index (χ0n) is 19.8. The van der Waals surface area contributed by atoms with Crippen LogP contribution in [0.4, 0.5) is 5.69 Å². The first-order valence-electron chi connectivity index (χ1n) is 12.2. The topological polar surface area (TPSA) is 76.9 Å². The summed E-state index contributed by atoms with van der Waals surface area (Å²) in [5.41, 5.74) is 4.10. The summed E-state index contributed by atoms with van der Waals surface area (Å²) in [6.45, 7) is 4.61. The summed E-state index contributed by atoms with van der Waals surface area (Å²) in [6, 6.07) is 7.45. The number of hydrogen-bond acceptors (Lipinski definition) is 4. The van der Waals surface area contributed by atoms with E-state index in [4.69, 9.17) is 0 Å². The summed E-state index contributed by atoms with van der Waals surface area (Å²) in [7, 11) is 0. The van der Waals surface area contributed by atoms with E-state index >= 15 is 0 Å². The van der Waals surface area contributed by atoms with Gasteiger partial charge in [0, 0.05) is 35.3 Å². The van der Waals surface area contributed by atoms with Gasteiger partial charge in [0.25, 0.3) is 5.56 Å². The van der Waals surface area contributed by atoms with E-state index in [1.165, 1.54) is 12.8 Å². The van der Waals surface area contributed by atoms with Crippen LogP contribution in [-0.4, -0.2) is 20.4 Å². The van der Waals surface area contributed by atoms with Gasteiger partial charge in [0.05, 0.1) is 24.1 Å². The molecule has 0 saturated heterocycles. The van der Waals surface area contributed by atoms with Crippen molar-refractivity contribution >= 4 is 22.4 Å². The number of pyridine rings is 1. The van der Waals surface area contributed by atoms with Gasteiger partial charge in [0.2, 0.25) is 5.91 Å². The van der Waals surface area contributed by atoms with Gasteiger partial charge in [-0.3, -0.25) is 19.6 Å². The second-order valence-electron chi connectivity index (χ2n) is 11.2. The average molecular weight is 455 g/mol. The molecule has 2 fully saturated rings. The van der Waals surface area contributed by atoms with Crippen molar-refractivity contribution in [3.63, 3.8) is 0 Å². The fourth-order valence-electron chi connectivity index (χ4n) is 7.22. The number of rotatable bonds is 5. The Morgan fingerprint density at radius 2 is 2.06 bits per heavy atom. The minimum absolute atomic E-state index is 0.0535. The zero-order valence-corrected chi connectivity index (χ0v) is 19.8. The van der Waals surface area contributed by atoms with Crippen LogP contribution < -0.4 is 10.9 Å². The van der Waals surface area contributed by atoms with Gasteiger partial charge in [-0.2, -0.15) is 0 Å². The molecule has 1 amide bonds. The molecular formula is C28H30N4O2. The van der Waals surface area contributed by atoms with Crippen LogP contribution in [0, 0.1) is 23.7 Å². The molecule has 0 spiro atoms. The maximum absolute atomic E-state index is 13.2. The lowest BCUT2D eigenvalue weighted by atomic mass is 9.48. The Hall–Kier alpha value is -3.28. The number of carbonyl (C=O) groups excluding carboxylic acids is 1. The van der Waals surface area contributed by atoms with E-state index < -0.39 is 0 Å². The number of benzene rings is 1. The molecule has 0 aliphatic heterocycles. The minimum atomic E-state index is -0.100. The van der Waals surface area contributed by atoms with Crippen molar-refractivity contribution in [1.29, 1.82) is 0 Å². The molecule has 34 heavy (non-hydrogen) atoms. The third kappa shape index (κ3) is 3.75. The monoisotopic (exact) mass is 454 g/mol. The highest BCUT2D eigenvalue weighted by Gasteiger charge is 2.52. The molecule has 7 rings (SSSR count). The van der Waals surface area contributed by atoms with Crippen molar-refractivity contribution in [2.24, 2.45) is 16.7 Å². The number of aromatic nitrogens is 3. The zero-order chi connectivity index (χ0) is 23.5. The first-order valence-corrected chi connectivity index (χ1v) is 12.2. The van der Waals surface area contributed by atoms with Crippen molar-refractivity contribution in [2.45, 2.75) is 58.9 Å². The van der Waals surface area contributed by atoms with Crippen molar-refractivity contribution in [2.75, 3.05) is 5.32 Å². The molecule has 0 radical (unpaired) electrons. The Labute approximate surface area is 199 Å². The van der Waals surface area contributed by atoms with Gasteiger partial charge in [-0.05, 0) is 74.0 Å². The van der Waals surface area contributed by atoms with E-state index in [0.717, 1.165) is 42.0 Å². The van der Waals surface area contributed by atoms with Crippen LogP contribution in [-0.2, 0) is 11.3 Å². The Morgan fingerprint density at radius 1 is 1.18 bits per heavy atom. The molecule has 3 atom stereocenters. The van der Waals surface area contributed by atoms with Gasteiger partial charge in [-0.25, -0.2) is 0 Å². The molecule has 1 aromatic carbocycles. The SMILES string of the molecule is Cc1cnc(Cn2ccc3c(NC(=O)CC45CC6=CC(C)(CC(C6)C4)C5)cccc3c2=O)cn1. The lowest BCUT2D eigenvalue weighted by Gasteiger charge is -2.57. The fraction of sp³-hybridized carbons (Fsp3) is 0.429. The maximum atomic E-state index is 13.2. The molecule has 174 valence electrons. The van der Waals surface area contributed by atoms with Crippen molar-refractivity contribution in [1.82, 2.24) is 14.5 Å². The first kappa shape index (κ1) is 21.3. The molecular weight excluding hydrogens is 424 g/mol. The molecule has 3 aromatic rings. The predicted octanol–water partition coefficient (Wildman–Crippen LogP) is 5.00. The molecule has 2 heterocycles. The molecule has 6 heteroatoms. The van der Waals surface area contributed by atoms with Gasteiger partial charge in [-0.1, -0.05) is 24.6 Å². The van der Waals surface area contributed by atoms with Crippen LogP contribution in [0.2, 0.25) is 0 Å². The number of allylic oxidation sites excluding steroid dienone is 2. The van der Waals surface area contributed by atoms with Crippen molar-refractivity contribution in [3.05, 3.63) is 76.2 Å². The minimum Gasteiger partial charge on any atom is -0.325 e. The third-order valence-corrected chi connectivity index (χ3v) is 7.96. The maximum Gasteiger partial charge on any atom is 0.258 e. The number of aryl methyl sites for hydroxylation is 1.